The molecule has 1 aromatic carbocycles. The van der Waals surface area contributed by atoms with Gasteiger partial charge in [0, 0.05) is 17.1 Å². The largest absolute Gasteiger partial charge is 0.461 e. The molecule has 0 saturated heterocycles. The SMILES string of the molecule is CCOC(=O)c1cc(-c2ccccc2)c2sccn12. The number of carbonyl (C=O) groups excluding carboxylic acids is 1. The van der Waals surface area contributed by atoms with Crippen molar-refractivity contribution in [2.24, 2.45) is 0 Å². The van der Waals surface area contributed by atoms with Crippen molar-refractivity contribution in [3.8, 4) is 11.1 Å². The monoisotopic (exact) mass is 271 g/mol. The summed E-state index contributed by atoms with van der Waals surface area (Å²) < 4.78 is 6.99. The number of hydrogen-bond acceptors (Lipinski definition) is 3. The highest BCUT2D eigenvalue weighted by molar-refractivity contribution is 7.16. The van der Waals surface area contributed by atoms with E-state index in [1.54, 1.807) is 11.3 Å². The Morgan fingerprint density at radius 1 is 1.32 bits per heavy atom. The predicted molar refractivity (Wildman–Crippen MR) is 76.7 cm³/mol. The zero-order valence-electron chi connectivity index (χ0n) is 10.5. The standard InChI is InChI=1S/C15H13NO2S/c1-2-18-15(17)13-10-12(11-6-4-3-5-7-11)14-16(13)8-9-19-14/h3-10H,2H2,1H3. The summed E-state index contributed by atoms with van der Waals surface area (Å²) in [6.07, 6.45) is 1.90. The number of benzene rings is 1. The molecule has 0 aliphatic carbocycles. The Morgan fingerprint density at radius 2 is 2.11 bits per heavy atom. The van der Waals surface area contributed by atoms with Gasteiger partial charge in [-0.15, -0.1) is 11.3 Å². The van der Waals surface area contributed by atoms with E-state index in [2.05, 4.69) is 0 Å². The fourth-order valence-electron chi connectivity index (χ4n) is 2.12. The van der Waals surface area contributed by atoms with Gasteiger partial charge in [0.1, 0.15) is 10.5 Å². The van der Waals surface area contributed by atoms with Crippen molar-refractivity contribution >= 4 is 22.1 Å². The second-order valence-corrected chi connectivity index (χ2v) is 5.00. The summed E-state index contributed by atoms with van der Waals surface area (Å²) in [5, 5.41) is 1.98. The maximum Gasteiger partial charge on any atom is 0.355 e. The lowest BCUT2D eigenvalue weighted by Gasteiger charge is -1.99. The summed E-state index contributed by atoms with van der Waals surface area (Å²) >= 11 is 1.62. The lowest BCUT2D eigenvalue weighted by atomic mass is 10.1. The van der Waals surface area contributed by atoms with Crippen molar-refractivity contribution < 1.29 is 9.53 Å². The minimum atomic E-state index is -0.280. The van der Waals surface area contributed by atoms with Crippen molar-refractivity contribution in [1.82, 2.24) is 4.40 Å². The molecule has 0 amide bonds. The molecule has 0 saturated carbocycles. The third-order valence-corrected chi connectivity index (χ3v) is 3.85. The molecule has 4 heteroatoms. The topological polar surface area (TPSA) is 30.7 Å². The third-order valence-electron chi connectivity index (χ3n) is 2.95. The molecule has 3 nitrogen and oxygen atoms in total. The highest BCUT2D eigenvalue weighted by atomic mass is 32.1. The molecule has 2 heterocycles. The molecule has 0 unspecified atom stereocenters. The molecule has 0 fully saturated rings. The highest BCUT2D eigenvalue weighted by Crippen LogP contribution is 2.31. The van der Waals surface area contributed by atoms with Gasteiger partial charge in [0.05, 0.1) is 6.61 Å². The summed E-state index contributed by atoms with van der Waals surface area (Å²) in [6.45, 7) is 2.20. The average molecular weight is 271 g/mol. The molecular weight excluding hydrogens is 258 g/mol. The lowest BCUT2D eigenvalue weighted by molar-refractivity contribution is 0.0518. The van der Waals surface area contributed by atoms with Gasteiger partial charge < -0.3 is 9.14 Å². The first kappa shape index (κ1) is 12.0. The number of fused-ring (bicyclic) bond motifs is 1. The lowest BCUT2D eigenvalue weighted by Crippen LogP contribution is -2.06. The summed E-state index contributed by atoms with van der Waals surface area (Å²) in [6, 6.07) is 12.0. The van der Waals surface area contributed by atoms with Crippen LogP contribution in [0.5, 0.6) is 0 Å². The molecule has 96 valence electrons. The molecule has 19 heavy (non-hydrogen) atoms. The van der Waals surface area contributed by atoms with Crippen LogP contribution in [0.1, 0.15) is 17.4 Å². The summed E-state index contributed by atoms with van der Waals surface area (Å²) in [7, 11) is 0. The first-order valence-electron chi connectivity index (χ1n) is 6.12. The summed E-state index contributed by atoms with van der Waals surface area (Å²) in [5.41, 5.74) is 2.76. The highest BCUT2D eigenvalue weighted by Gasteiger charge is 2.17. The second-order valence-electron chi connectivity index (χ2n) is 4.11. The molecule has 0 N–H and O–H groups in total. The van der Waals surface area contributed by atoms with Crippen LogP contribution in [0.15, 0.2) is 48.0 Å². The Kier molecular flexibility index (Phi) is 3.09. The Morgan fingerprint density at radius 3 is 2.84 bits per heavy atom. The van der Waals surface area contributed by atoms with Gasteiger partial charge in [-0.3, -0.25) is 0 Å². The van der Waals surface area contributed by atoms with Crippen molar-refractivity contribution in [3.63, 3.8) is 0 Å². The Bertz CT molecular complexity index is 712. The molecule has 3 aromatic rings. The second kappa shape index (κ2) is 4.90. The minimum absolute atomic E-state index is 0.280. The zero-order valence-corrected chi connectivity index (χ0v) is 11.3. The van der Waals surface area contributed by atoms with Crippen LogP contribution in [0.3, 0.4) is 0 Å². The van der Waals surface area contributed by atoms with Gasteiger partial charge >= 0.3 is 5.97 Å². The first-order chi connectivity index (χ1) is 9.31. The maximum absolute atomic E-state index is 12.0. The Balaban J connectivity index is 2.17. The van der Waals surface area contributed by atoms with Crippen LogP contribution in [0.25, 0.3) is 16.0 Å². The number of esters is 1. The maximum atomic E-state index is 12.0. The van der Waals surface area contributed by atoms with Crippen LogP contribution >= 0.6 is 11.3 Å². The number of ether oxygens (including phenoxy) is 1. The molecule has 0 aliphatic heterocycles. The van der Waals surface area contributed by atoms with Crippen molar-refractivity contribution in [2.45, 2.75) is 6.92 Å². The fourth-order valence-corrected chi connectivity index (χ4v) is 3.01. The van der Waals surface area contributed by atoms with Gasteiger partial charge in [0.15, 0.2) is 0 Å². The van der Waals surface area contributed by atoms with E-state index >= 15 is 0 Å². The van der Waals surface area contributed by atoms with E-state index in [0.29, 0.717) is 12.3 Å². The van der Waals surface area contributed by atoms with Crippen LogP contribution in [0.2, 0.25) is 0 Å². The molecule has 0 atom stereocenters. The molecule has 0 spiro atoms. The van der Waals surface area contributed by atoms with E-state index < -0.39 is 0 Å². The number of carbonyl (C=O) groups is 1. The predicted octanol–water partition coefficient (Wildman–Crippen LogP) is 3.84. The minimum Gasteiger partial charge on any atom is -0.461 e. The summed E-state index contributed by atoms with van der Waals surface area (Å²) in [5.74, 6) is -0.280. The number of hydrogen-bond donors (Lipinski definition) is 0. The number of nitrogens with zero attached hydrogens (tertiary/aromatic N) is 1. The number of thiazole rings is 1. The van der Waals surface area contributed by atoms with E-state index in [4.69, 9.17) is 4.74 Å². The van der Waals surface area contributed by atoms with E-state index in [9.17, 15) is 4.79 Å². The molecular formula is C15H13NO2S. The average Bonchev–Trinajstić information content (AvgIpc) is 3.01. The quantitative estimate of drug-likeness (QED) is 0.677. The fraction of sp³-hybridized carbons (Fsp3) is 0.133. The molecule has 2 aromatic heterocycles. The third kappa shape index (κ3) is 2.04. The number of rotatable bonds is 3. The van der Waals surface area contributed by atoms with E-state index in [1.165, 1.54) is 0 Å². The molecule has 3 rings (SSSR count). The zero-order chi connectivity index (χ0) is 13.2. The summed E-state index contributed by atoms with van der Waals surface area (Å²) in [4.78, 5) is 13.0. The van der Waals surface area contributed by atoms with Gasteiger partial charge in [0.2, 0.25) is 0 Å². The van der Waals surface area contributed by atoms with Crippen LogP contribution in [0.4, 0.5) is 0 Å². The van der Waals surface area contributed by atoms with Crippen LogP contribution in [0, 0.1) is 0 Å². The van der Waals surface area contributed by atoms with E-state index in [1.807, 2.05) is 59.3 Å². The van der Waals surface area contributed by atoms with Gasteiger partial charge in [-0.1, -0.05) is 30.3 Å². The van der Waals surface area contributed by atoms with E-state index in [-0.39, 0.29) is 5.97 Å². The Hall–Kier alpha value is -2.07. The van der Waals surface area contributed by atoms with Crippen molar-refractivity contribution in [2.75, 3.05) is 6.61 Å². The van der Waals surface area contributed by atoms with Gasteiger partial charge in [-0.2, -0.15) is 0 Å². The van der Waals surface area contributed by atoms with E-state index in [0.717, 1.165) is 16.0 Å². The Labute approximate surface area is 115 Å². The van der Waals surface area contributed by atoms with Gasteiger partial charge in [-0.25, -0.2) is 4.79 Å². The molecule has 0 bridgehead atoms. The number of aromatic nitrogens is 1. The van der Waals surface area contributed by atoms with Crippen molar-refractivity contribution in [3.05, 3.63) is 53.7 Å². The first-order valence-corrected chi connectivity index (χ1v) is 7.00. The van der Waals surface area contributed by atoms with Crippen molar-refractivity contribution in [1.29, 1.82) is 0 Å². The normalized spacial score (nSPS) is 10.8. The molecule has 0 radical (unpaired) electrons. The van der Waals surface area contributed by atoms with Gasteiger partial charge in [0.25, 0.3) is 0 Å². The van der Waals surface area contributed by atoms with Crippen LogP contribution in [-0.2, 0) is 4.74 Å². The van der Waals surface area contributed by atoms with Crippen LogP contribution < -0.4 is 0 Å². The van der Waals surface area contributed by atoms with Crippen LogP contribution in [-0.4, -0.2) is 17.0 Å². The molecule has 0 aliphatic rings. The van der Waals surface area contributed by atoms with Gasteiger partial charge in [-0.05, 0) is 18.6 Å². The smallest absolute Gasteiger partial charge is 0.355 e.